The first-order chi connectivity index (χ1) is 9.93. The minimum atomic E-state index is -0.895. The molecule has 1 aromatic rings. The van der Waals surface area contributed by atoms with Gasteiger partial charge in [0, 0.05) is 18.7 Å². The highest BCUT2D eigenvalue weighted by atomic mass is 16.5. The SMILES string of the molecule is COc1ccccc1CC(=O)N(CCC(=O)O)CC(C)C. The van der Waals surface area contributed by atoms with Crippen molar-refractivity contribution < 1.29 is 19.4 Å². The van der Waals surface area contributed by atoms with Gasteiger partial charge in [-0.3, -0.25) is 9.59 Å². The highest BCUT2D eigenvalue weighted by Crippen LogP contribution is 2.18. The van der Waals surface area contributed by atoms with Crippen LogP contribution in [-0.2, 0) is 16.0 Å². The van der Waals surface area contributed by atoms with Crippen LogP contribution in [0.2, 0.25) is 0 Å². The first-order valence-electron chi connectivity index (χ1n) is 7.05. The number of ether oxygens (including phenoxy) is 1. The van der Waals surface area contributed by atoms with E-state index in [-0.39, 0.29) is 25.3 Å². The van der Waals surface area contributed by atoms with Gasteiger partial charge in [-0.25, -0.2) is 0 Å². The summed E-state index contributed by atoms with van der Waals surface area (Å²) in [6, 6.07) is 7.37. The van der Waals surface area contributed by atoms with E-state index in [2.05, 4.69) is 0 Å². The number of benzene rings is 1. The zero-order valence-corrected chi connectivity index (χ0v) is 12.8. The molecule has 0 saturated heterocycles. The Labute approximate surface area is 125 Å². The predicted molar refractivity (Wildman–Crippen MR) is 80.4 cm³/mol. The molecule has 21 heavy (non-hydrogen) atoms. The van der Waals surface area contributed by atoms with Crippen LogP contribution in [0.5, 0.6) is 5.75 Å². The van der Waals surface area contributed by atoms with E-state index in [1.807, 2.05) is 38.1 Å². The van der Waals surface area contributed by atoms with E-state index in [9.17, 15) is 9.59 Å². The number of aliphatic carboxylic acids is 1. The predicted octanol–water partition coefficient (Wildman–Crippen LogP) is 2.20. The van der Waals surface area contributed by atoms with Crippen molar-refractivity contribution in [2.45, 2.75) is 26.7 Å². The lowest BCUT2D eigenvalue weighted by Crippen LogP contribution is -2.37. The Kier molecular flexibility index (Phi) is 6.72. The van der Waals surface area contributed by atoms with Crippen molar-refractivity contribution >= 4 is 11.9 Å². The molecule has 0 saturated carbocycles. The molecule has 116 valence electrons. The Balaban J connectivity index is 2.77. The van der Waals surface area contributed by atoms with E-state index in [0.29, 0.717) is 18.2 Å². The number of carbonyl (C=O) groups is 2. The molecule has 0 aliphatic carbocycles. The van der Waals surface area contributed by atoms with Crippen LogP contribution in [0.15, 0.2) is 24.3 Å². The van der Waals surface area contributed by atoms with Crippen LogP contribution >= 0.6 is 0 Å². The standard InChI is InChI=1S/C16H23NO4/c1-12(2)11-17(9-8-16(19)20)15(18)10-13-6-4-5-7-14(13)21-3/h4-7,12H,8-11H2,1-3H3,(H,19,20). The van der Waals surface area contributed by atoms with Crippen LogP contribution < -0.4 is 4.74 Å². The number of para-hydroxylation sites is 1. The first-order valence-corrected chi connectivity index (χ1v) is 7.05. The van der Waals surface area contributed by atoms with Crippen molar-refractivity contribution in [3.63, 3.8) is 0 Å². The number of carbonyl (C=O) groups excluding carboxylic acids is 1. The second-order valence-electron chi connectivity index (χ2n) is 5.37. The van der Waals surface area contributed by atoms with E-state index < -0.39 is 5.97 Å². The van der Waals surface area contributed by atoms with Crippen molar-refractivity contribution in [3.05, 3.63) is 29.8 Å². The van der Waals surface area contributed by atoms with Crippen LogP contribution in [-0.4, -0.2) is 42.1 Å². The molecule has 0 bridgehead atoms. The minimum Gasteiger partial charge on any atom is -0.496 e. The number of carboxylic acid groups (broad SMARTS) is 1. The molecule has 0 fully saturated rings. The maximum atomic E-state index is 12.4. The van der Waals surface area contributed by atoms with Gasteiger partial charge >= 0.3 is 5.97 Å². The summed E-state index contributed by atoms with van der Waals surface area (Å²) < 4.78 is 5.24. The summed E-state index contributed by atoms with van der Waals surface area (Å²) in [5.41, 5.74) is 0.814. The van der Waals surface area contributed by atoms with E-state index in [1.165, 1.54) is 0 Å². The van der Waals surface area contributed by atoms with Crippen LogP contribution in [0.3, 0.4) is 0 Å². The smallest absolute Gasteiger partial charge is 0.305 e. The average molecular weight is 293 g/mol. The second-order valence-corrected chi connectivity index (χ2v) is 5.37. The maximum Gasteiger partial charge on any atom is 0.305 e. The topological polar surface area (TPSA) is 66.8 Å². The third kappa shape index (κ3) is 5.85. The van der Waals surface area contributed by atoms with Gasteiger partial charge in [0.1, 0.15) is 5.75 Å². The summed E-state index contributed by atoms with van der Waals surface area (Å²) in [5.74, 6) is -0.00251. The molecule has 1 aromatic carbocycles. The average Bonchev–Trinajstić information content (AvgIpc) is 2.43. The van der Waals surface area contributed by atoms with Gasteiger partial charge in [-0.1, -0.05) is 32.0 Å². The largest absolute Gasteiger partial charge is 0.496 e. The molecule has 5 heteroatoms. The lowest BCUT2D eigenvalue weighted by molar-refractivity contribution is -0.138. The molecule has 0 spiro atoms. The number of amides is 1. The molecule has 0 aromatic heterocycles. The normalized spacial score (nSPS) is 10.5. The highest BCUT2D eigenvalue weighted by molar-refractivity contribution is 5.80. The summed E-state index contributed by atoms with van der Waals surface area (Å²) in [6.07, 6.45) is 0.181. The van der Waals surface area contributed by atoms with Gasteiger partial charge in [0.25, 0.3) is 0 Å². The molecule has 1 amide bonds. The third-order valence-corrected chi connectivity index (χ3v) is 3.07. The lowest BCUT2D eigenvalue weighted by atomic mass is 10.1. The van der Waals surface area contributed by atoms with E-state index in [1.54, 1.807) is 12.0 Å². The minimum absolute atomic E-state index is 0.0373. The maximum absolute atomic E-state index is 12.4. The van der Waals surface area contributed by atoms with Crippen LogP contribution in [0, 0.1) is 5.92 Å². The zero-order valence-electron chi connectivity index (χ0n) is 12.8. The van der Waals surface area contributed by atoms with Crippen molar-refractivity contribution in [2.75, 3.05) is 20.2 Å². The van der Waals surface area contributed by atoms with Gasteiger partial charge < -0.3 is 14.7 Å². The molecule has 1 rings (SSSR count). The molecule has 0 heterocycles. The molecular weight excluding hydrogens is 270 g/mol. The highest BCUT2D eigenvalue weighted by Gasteiger charge is 2.18. The number of rotatable bonds is 8. The number of hydrogen-bond donors (Lipinski definition) is 1. The Morgan fingerprint density at radius 2 is 1.95 bits per heavy atom. The third-order valence-electron chi connectivity index (χ3n) is 3.07. The molecule has 1 N–H and O–H groups in total. The van der Waals surface area contributed by atoms with Crippen molar-refractivity contribution in [1.29, 1.82) is 0 Å². The fraction of sp³-hybridized carbons (Fsp3) is 0.500. The van der Waals surface area contributed by atoms with Gasteiger partial charge in [-0.2, -0.15) is 0 Å². The Morgan fingerprint density at radius 3 is 2.52 bits per heavy atom. The molecule has 0 aliphatic heterocycles. The van der Waals surface area contributed by atoms with Gasteiger partial charge in [0.05, 0.1) is 20.0 Å². The zero-order chi connectivity index (χ0) is 15.8. The van der Waals surface area contributed by atoms with E-state index in [0.717, 1.165) is 5.56 Å². The Morgan fingerprint density at radius 1 is 1.29 bits per heavy atom. The summed E-state index contributed by atoms with van der Waals surface area (Å²) in [5, 5.41) is 8.79. The second kappa shape index (κ2) is 8.29. The Hall–Kier alpha value is -2.04. The fourth-order valence-electron chi connectivity index (χ4n) is 2.11. The van der Waals surface area contributed by atoms with Gasteiger partial charge in [-0.15, -0.1) is 0 Å². The van der Waals surface area contributed by atoms with Crippen molar-refractivity contribution in [2.24, 2.45) is 5.92 Å². The van der Waals surface area contributed by atoms with E-state index >= 15 is 0 Å². The molecule has 0 radical (unpaired) electrons. The molecular formula is C16H23NO4. The number of methoxy groups -OCH3 is 1. The van der Waals surface area contributed by atoms with Crippen molar-refractivity contribution in [1.82, 2.24) is 4.90 Å². The summed E-state index contributed by atoms with van der Waals surface area (Å²) in [6.45, 7) is 4.80. The monoisotopic (exact) mass is 293 g/mol. The van der Waals surface area contributed by atoms with Gasteiger partial charge in [-0.05, 0) is 12.0 Å². The van der Waals surface area contributed by atoms with Crippen LogP contribution in [0.4, 0.5) is 0 Å². The quantitative estimate of drug-likeness (QED) is 0.798. The van der Waals surface area contributed by atoms with Crippen LogP contribution in [0.25, 0.3) is 0 Å². The molecule has 0 atom stereocenters. The van der Waals surface area contributed by atoms with Gasteiger partial charge in [0.15, 0.2) is 0 Å². The van der Waals surface area contributed by atoms with E-state index in [4.69, 9.17) is 9.84 Å². The van der Waals surface area contributed by atoms with Crippen LogP contribution in [0.1, 0.15) is 25.8 Å². The Bertz CT molecular complexity index is 485. The number of carboxylic acids is 1. The molecule has 5 nitrogen and oxygen atoms in total. The molecule has 0 unspecified atom stereocenters. The fourth-order valence-corrected chi connectivity index (χ4v) is 2.11. The van der Waals surface area contributed by atoms with Crippen molar-refractivity contribution in [3.8, 4) is 5.75 Å². The van der Waals surface area contributed by atoms with Gasteiger partial charge in [0.2, 0.25) is 5.91 Å². The number of hydrogen-bond acceptors (Lipinski definition) is 3. The number of nitrogens with zero attached hydrogens (tertiary/aromatic N) is 1. The summed E-state index contributed by atoms with van der Waals surface area (Å²) in [7, 11) is 1.57. The first kappa shape index (κ1) is 17.0. The lowest BCUT2D eigenvalue weighted by Gasteiger charge is -2.24. The summed E-state index contributed by atoms with van der Waals surface area (Å²) in [4.78, 5) is 24.7. The summed E-state index contributed by atoms with van der Waals surface area (Å²) >= 11 is 0. The molecule has 0 aliphatic rings.